The summed E-state index contributed by atoms with van der Waals surface area (Å²) in [5.41, 5.74) is 0.770. The first kappa shape index (κ1) is 13.8. The van der Waals surface area contributed by atoms with E-state index in [2.05, 4.69) is 15.3 Å². The van der Waals surface area contributed by atoms with E-state index in [0.29, 0.717) is 22.3 Å². The molecule has 21 heavy (non-hydrogen) atoms. The Labute approximate surface area is 126 Å². The number of rotatable bonds is 4. The minimum absolute atomic E-state index is 0.135. The highest BCUT2D eigenvalue weighted by Crippen LogP contribution is 2.30. The van der Waals surface area contributed by atoms with E-state index in [1.807, 2.05) is 6.92 Å². The standard InChI is InChI=1S/C15H13ClFN3O/c1-2-5-18-15-19-8-11(17)14(20-15)13-7-9-6-10(16)3-4-12(9)21-13/h3-4,6-8H,2,5H2,1H3,(H,18,19,20). The third-order valence-corrected chi connectivity index (χ3v) is 3.22. The Kier molecular flexibility index (Phi) is 3.75. The summed E-state index contributed by atoms with van der Waals surface area (Å²) < 4.78 is 19.6. The van der Waals surface area contributed by atoms with Crippen LogP contribution in [0.1, 0.15) is 13.3 Å². The molecule has 3 rings (SSSR count). The van der Waals surface area contributed by atoms with Crippen molar-refractivity contribution in [2.24, 2.45) is 0 Å². The lowest BCUT2D eigenvalue weighted by Gasteiger charge is -2.04. The second-order valence-electron chi connectivity index (χ2n) is 4.61. The number of anilines is 1. The van der Waals surface area contributed by atoms with Crippen LogP contribution in [0.3, 0.4) is 0 Å². The van der Waals surface area contributed by atoms with Crippen molar-refractivity contribution in [1.29, 1.82) is 0 Å². The maximum absolute atomic E-state index is 13.9. The van der Waals surface area contributed by atoms with E-state index in [1.54, 1.807) is 24.3 Å². The number of furan rings is 1. The molecule has 0 saturated heterocycles. The number of nitrogens with one attached hydrogen (secondary N) is 1. The number of benzene rings is 1. The lowest BCUT2D eigenvalue weighted by molar-refractivity contribution is 0.590. The van der Waals surface area contributed by atoms with Gasteiger partial charge in [-0.05, 0) is 30.7 Å². The molecule has 1 aromatic carbocycles. The van der Waals surface area contributed by atoms with Gasteiger partial charge in [-0.2, -0.15) is 0 Å². The molecular weight excluding hydrogens is 293 g/mol. The number of hydrogen-bond donors (Lipinski definition) is 1. The van der Waals surface area contributed by atoms with Gasteiger partial charge in [0.2, 0.25) is 5.95 Å². The Morgan fingerprint density at radius 1 is 1.33 bits per heavy atom. The third-order valence-electron chi connectivity index (χ3n) is 2.99. The molecule has 0 fully saturated rings. The van der Waals surface area contributed by atoms with Crippen LogP contribution in [0.2, 0.25) is 5.02 Å². The van der Waals surface area contributed by atoms with E-state index < -0.39 is 5.82 Å². The third kappa shape index (κ3) is 2.83. The fraction of sp³-hybridized carbons (Fsp3) is 0.200. The highest BCUT2D eigenvalue weighted by molar-refractivity contribution is 6.31. The molecule has 0 aliphatic heterocycles. The van der Waals surface area contributed by atoms with Crippen LogP contribution >= 0.6 is 11.6 Å². The summed E-state index contributed by atoms with van der Waals surface area (Å²) in [6.45, 7) is 2.75. The summed E-state index contributed by atoms with van der Waals surface area (Å²) in [5.74, 6) is 0.209. The Balaban J connectivity index is 2.04. The first-order valence-electron chi connectivity index (χ1n) is 6.63. The molecule has 0 aliphatic rings. The average molecular weight is 306 g/mol. The molecule has 0 saturated carbocycles. The molecule has 2 aromatic heterocycles. The van der Waals surface area contributed by atoms with Crippen molar-refractivity contribution >= 4 is 28.5 Å². The summed E-state index contributed by atoms with van der Waals surface area (Å²) in [6, 6.07) is 6.95. The van der Waals surface area contributed by atoms with Gasteiger partial charge in [0.15, 0.2) is 11.6 Å². The van der Waals surface area contributed by atoms with Gasteiger partial charge in [0.25, 0.3) is 0 Å². The Hall–Kier alpha value is -2.14. The summed E-state index contributed by atoms with van der Waals surface area (Å²) in [5, 5.41) is 4.43. The molecule has 0 bridgehead atoms. The highest BCUT2D eigenvalue weighted by atomic mass is 35.5. The average Bonchev–Trinajstić information content (AvgIpc) is 2.89. The number of fused-ring (bicyclic) bond motifs is 1. The fourth-order valence-electron chi connectivity index (χ4n) is 1.99. The highest BCUT2D eigenvalue weighted by Gasteiger charge is 2.14. The van der Waals surface area contributed by atoms with Crippen LogP contribution < -0.4 is 5.32 Å². The summed E-state index contributed by atoms with van der Waals surface area (Å²) in [4.78, 5) is 8.08. The van der Waals surface area contributed by atoms with Crippen LogP contribution in [-0.2, 0) is 0 Å². The summed E-state index contributed by atoms with van der Waals surface area (Å²) in [7, 11) is 0. The van der Waals surface area contributed by atoms with Crippen molar-refractivity contribution in [2.45, 2.75) is 13.3 Å². The van der Waals surface area contributed by atoms with Crippen molar-refractivity contribution in [3.8, 4) is 11.5 Å². The minimum Gasteiger partial charge on any atom is -0.454 e. The van der Waals surface area contributed by atoms with Gasteiger partial charge >= 0.3 is 0 Å². The van der Waals surface area contributed by atoms with Crippen LogP contribution in [0, 0.1) is 5.82 Å². The van der Waals surface area contributed by atoms with Crippen molar-refractivity contribution in [3.63, 3.8) is 0 Å². The number of aromatic nitrogens is 2. The van der Waals surface area contributed by atoms with Gasteiger partial charge in [-0.25, -0.2) is 14.4 Å². The smallest absolute Gasteiger partial charge is 0.223 e. The number of halogens is 2. The van der Waals surface area contributed by atoms with Crippen LogP contribution in [0.5, 0.6) is 0 Å². The van der Waals surface area contributed by atoms with Gasteiger partial charge in [-0.1, -0.05) is 18.5 Å². The number of nitrogens with zero attached hydrogens (tertiary/aromatic N) is 2. The van der Waals surface area contributed by atoms with E-state index in [9.17, 15) is 4.39 Å². The van der Waals surface area contributed by atoms with E-state index in [0.717, 1.165) is 24.5 Å². The number of hydrogen-bond acceptors (Lipinski definition) is 4. The normalized spacial score (nSPS) is 11.0. The van der Waals surface area contributed by atoms with Crippen LogP contribution in [0.4, 0.5) is 10.3 Å². The molecule has 0 unspecified atom stereocenters. The summed E-state index contributed by atoms with van der Waals surface area (Å²) >= 11 is 5.94. The molecule has 0 aliphatic carbocycles. The van der Waals surface area contributed by atoms with E-state index in [-0.39, 0.29) is 5.69 Å². The predicted octanol–water partition coefficient (Wildman–Crippen LogP) is 4.50. The molecular formula is C15H13ClFN3O. The van der Waals surface area contributed by atoms with Crippen LogP contribution in [0.25, 0.3) is 22.4 Å². The maximum Gasteiger partial charge on any atom is 0.223 e. The quantitative estimate of drug-likeness (QED) is 0.771. The van der Waals surface area contributed by atoms with Crippen molar-refractivity contribution in [3.05, 3.63) is 41.3 Å². The van der Waals surface area contributed by atoms with Crippen LogP contribution in [0.15, 0.2) is 34.9 Å². The first-order chi connectivity index (χ1) is 10.2. The van der Waals surface area contributed by atoms with E-state index >= 15 is 0 Å². The molecule has 1 N–H and O–H groups in total. The SMILES string of the molecule is CCCNc1ncc(F)c(-c2cc3cc(Cl)ccc3o2)n1. The maximum atomic E-state index is 13.9. The molecule has 108 valence electrons. The van der Waals surface area contributed by atoms with Gasteiger partial charge in [0.1, 0.15) is 11.3 Å². The molecule has 2 heterocycles. The van der Waals surface area contributed by atoms with Gasteiger partial charge in [-0.3, -0.25) is 0 Å². The molecule has 6 heteroatoms. The topological polar surface area (TPSA) is 51.0 Å². The molecule has 0 radical (unpaired) electrons. The molecule has 0 spiro atoms. The zero-order valence-electron chi connectivity index (χ0n) is 11.4. The second-order valence-corrected chi connectivity index (χ2v) is 5.05. The lowest BCUT2D eigenvalue weighted by atomic mass is 10.2. The molecule has 0 amide bonds. The Bertz CT molecular complexity index is 788. The molecule has 3 aromatic rings. The minimum atomic E-state index is -0.526. The van der Waals surface area contributed by atoms with Gasteiger partial charge < -0.3 is 9.73 Å². The largest absolute Gasteiger partial charge is 0.454 e. The predicted molar refractivity (Wildman–Crippen MR) is 81.0 cm³/mol. The summed E-state index contributed by atoms with van der Waals surface area (Å²) in [6.07, 6.45) is 2.07. The van der Waals surface area contributed by atoms with Crippen molar-refractivity contribution < 1.29 is 8.81 Å². The molecule has 0 atom stereocenters. The fourth-order valence-corrected chi connectivity index (χ4v) is 2.17. The lowest BCUT2D eigenvalue weighted by Crippen LogP contribution is -2.05. The van der Waals surface area contributed by atoms with Crippen LogP contribution in [-0.4, -0.2) is 16.5 Å². The second kappa shape index (κ2) is 5.69. The van der Waals surface area contributed by atoms with Crippen molar-refractivity contribution in [2.75, 3.05) is 11.9 Å². The first-order valence-corrected chi connectivity index (χ1v) is 7.01. The zero-order chi connectivity index (χ0) is 14.8. The Morgan fingerprint density at radius 2 is 2.19 bits per heavy atom. The Morgan fingerprint density at radius 3 is 3.00 bits per heavy atom. The van der Waals surface area contributed by atoms with E-state index in [4.69, 9.17) is 16.0 Å². The molecule has 4 nitrogen and oxygen atoms in total. The van der Waals surface area contributed by atoms with Gasteiger partial charge in [0, 0.05) is 17.0 Å². The van der Waals surface area contributed by atoms with Gasteiger partial charge in [0.05, 0.1) is 6.20 Å². The van der Waals surface area contributed by atoms with Crippen molar-refractivity contribution in [1.82, 2.24) is 9.97 Å². The zero-order valence-corrected chi connectivity index (χ0v) is 12.1. The van der Waals surface area contributed by atoms with Gasteiger partial charge in [-0.15, -0.1) is 0 Å². The monoisotopic (exact) mass is 305 g/mol. The van der Waals surface area contributed by atoms with E-state index in [1.165, 1.54) is 0 Å².